The number of fused-ring (bicyclic) bond motifs is 1. The fraction of sp³-hybridized carbons (Fsp3) is 0.600. The van der Waals surface area contributed by atoms with Crippen LogP contribution in [0.1, 0.15) is 30.2 Å². The van der Waals surface area contributed by atoms with E-state index in [-0.39, 0.29) is 5.38 Å². The van der Waals surface area contributed by atoms with Crippen molar-refractivity contribution in [2.24, 2.45) is 17.8 Å². The zero-order valence-electron chi connectivity index (χ0n) is 11.2. The molecule has 0 saturated heterocycles. The molecule has 0 heterocycles. The molecule has 0 radical (unpaired) electrons. The molecule has 0 N–H and O–H groups in total. The van der Waals surface area contributed by atoms with Gasteiger partial charge in [0.25, 0.3) is 0 Å². The van der Waals surface area contributed by atoms with Crippen molar-refractivity contribution in [1.82, 2.24) is 0 Å². The van der Waals surface area contributed by atoms with Crippen molar-refractivity contribution in [3.63, 3.8) is 0 Å². The maximum Gasteiger partial charge on any atom is 0.145 e. The highest BCUT2D eigenvalue weighted by molar-refractivity contribution is 6.34. The van der Waals surface area contributed by atoms with E-state index < -0.39 is 0 Å². The number of halogens is 2. The molecule has 2 aliphatic rings. The molecule has 4 heteroatoms. The Morgan fingerprint density at radius 3 is 2.42 bits per heavy atom. The van der Waals surface area contributed by atoms with Gasteiger partial charge in [0, 0.05) is 5.56 Å². The number of hydrogen-bond donors (Lipinski definition) is 0. The highest BCUT2D eigenvalue weighted by Gasteiger charge is 2.56. The normalized spacial score (nSPS) is 29.8. The third-order valence-corrected chi connectivity index (χ3v) is 5.51. The van der Waals surface area contributed by atoms with E-state index in [1.165, 1.54) is 19.3 Å². The van der Waals surface area contributed by atoms with Gasteiger partial charge in [-0.1, -0.05) is 24.1 Å². The predicted molar refractivity (Wildman–Crippen MR) is 77.5 cm³/mol. The number of methoxy groups -OCH3 is 2. The lowest BCUT2D eigenvalue weighted by atomic mass is 10.0. The molecule has 2 nitrogen and oxygen atoms in total. The first-order chi connectivity index (χ1) is 9.19. The molecule has 2 saturated carbocycles. The Morgan fingerprint density at radius 2 is 1.84 bits per heavy atom. The van der Waals surface area contributed by atoms with E-state index in [1.54, 1.807) is 14.2 Å². The lowest BCUT2D eigenvalue weighted by molar-refractivity contribution is 0.389. The molecule has 3 atom stereocenters. The zero-order valence-corrected chi connectivity index (χ0v) is 12.7. The van der Waals surface area contributed by atoms with Crippen LogP contribution in [0.25, 0.3) is 0 Å². The highest BCUT2D eigenvalue weighted by atomic mass is 35.5. The van der Waals surface area contributed by atoms with Gasteiger partial charge in [0.1, 0.15) is 16.5 Å². The number of rotatable bonds is 4. The summed E-state index contributed by atoms with van der Waals surface area (Å²) in [4.78, 5) is 0. The summed E-state index contributed by atoms with van der Waals surface area (Å²) < 4.78 is 10.7. The van der Waals surface area contributed by atoms with E-state index in [2.05, 4.69) is 0 Å². The number of hydrogen-bond acceptors (Lipinski definition) is 2. The van der Waals surface area contributed by atoms with Crippen LogP contribution in [-0.2, 0) is 0 Å². The van der Waals surface area contributed by atoms with Crippen LogP contribution in [0.4, 0.5) is 0 Å². The summed E-state index contributed by atoms with van der Waals surface area (Å²) in [5, 5.41) is 0.507. The second-order valence-electron chi connectivity index (χ2n) is 5.44. The zero-order chi connectivity index (χ0) is 13.6. The van der Waals surface area contributed by atoms with Crippen LogP contribution in [-0.4, -0.2) is 14.2 Å². The maximum absolute atomic E-state index is 6.68. The van der Waals surface area contributed by atoms with Gasteiger partial charge in [0.15, 0.2) is 0 Å². The van der Waals surface area contributed by atoms with Gasteiger partial charge in [-0.15, -0.1) is 11.6 Å². The van der Waals surface area contributed by atoms with Crippen molar-refractivity contribution < 1.29 is 9.47 Å². The van der Waals surface area contributed by atoms with Crippen LogP contribution in [0.5, 0.6) is 11.5 Å². The monoisotopic (exact) mass is 300 g/mol. The van der Waals surface area contributed by atoms with Gasteiger partial charge < -0.3 is 9.47 Å². The molecule has 0 aromatic heterocycles. The highest BCUT2D eigenvalue weighted by Crippen LogP contribution is 2.64. The van der Waals surface area contributed by atoms with E-state index in [4.69, 9.17) is 32.7 Å². The molecule has 1 aromatic carbocycles. The first-order valence-corrected chi connectivity index (χ1v) is 7.55. The predicted octanol–water partition coefficient (Wildman–Crippen LogP) is 4.68. The first-order valence-electron chi connectivity index (χ1n) is 6.73. The van der Waals surface area contributed by atoms with Gasteiger partial charge in [-0.2, -0.15) is 0 Å². The Hall–Kier alpha value is -0.600. The SMILES string of the molecule is COc1ccc(C(Cl)C2C3CCCC32)c(OC)c1Cl. The molecule has 0 bridgehead atoms. The molecule has 2 fully saturated rings. The molecular weight excluding hydrogens is 283 g/mol. The van der Waals surface area contributed by atoms with Crippen LogP contribution >= 0.6 is 23.2 Å². The van der Waals surface area contributed by atoms with Crippen molar-refractivity contribution in [2.75, 3.05) is 14.2 Å². The lowest BCUT2D eigenvalue weighted by Crippen LogP contribution is -2.02. The number of alkyl halides is 1. The van der Waals surface area contributed by atoms with Crippen LogP contribution in [0.2, 0.25) is 5.02 Å². The fourth-order valence-electron chi connectivity index (χ4n) is 3.65. The molecule has 0 spiro atoms. The lowest BCUT2D eigenvalue weighted by Gasteiger charge is -2.18. The summed E-state index contributed by atoms with van der Waals surface area (Å²) in [5.41, 5.74) is 0.995. The summed E-state index contributed by atoms with van der Waals surface area (Å²) in [6, 6.07) is 3.85. The van der Waals surface area contributed by atoms with Crippen LogP contribution < -0.4 is 9.47 Å². The topological polar surface area (TPSA) is 18.5 Å². The van der Waals surface area contributed by atoms with E-state index in [0.717, 1.165) is 17.4 Å². The number of benzene rings is 1. The van der Waals surface area contributed by atoms with Gasteiger partial charge in [-0.3, -0.25) is 0 Å². The molecule has 3 rings (SSSR count). The van der Waals surface area contributed by atoms with Crippen molar-refractivity contribution in [2.45, 2.75) is 24.6 Å². The second kappa shape index (κ2) is 5.06. The minimum Gasteiger partial charge on any atom is -0.495 e. The quantitative estimate of drug-likeness (QED) is 0.752. The first kappa shape index (κ1) is 13.4. The standard InChI is InChI=1S/C15H18Cl2O2/c1-18-11-7-6-10(15(19-2)14(11)17)13(16)12-8-4-3-5-9(8)12/h6-9,12-13H,3-5H2,1-2H3. The van der Waals surface area contributed by atoms with E-state index in [0.29, 0.717) is 22.4 Å². The Kier molecular flexibility index (Phi) is 3.57. The second-order valence-corrected chi connectivity index (χ2v) is 6.29. The number of ether oxygens (including phenoxy) is 2. The van der Waals surface area contributed by atoms with Crippen molar-refractivity contribution in [3.8, 4) is 11.5 Å². The summed E-state index contributed by atoms with van der Waals surface area (Å²) in [5.74, 6) is 3.50. The minimum absolute atomic E-state index is 0.00587. The molecule has 0 aliphatic heterocycles. The van der Waals surface area contributed by atoms with Crippen LogP contribution in [0.3, 0.4) is 0 Å². The average Bonchev–Trinajstić information content (AvgIpc) is 2.90. The van der Waals surface area contributed by atoms with Crippen molar-refractivity contribution in [3.05, 3.63) is 22.7 Å². The summed E-state index contributed by atoms with van der Waals surface area (Å²) >= 11 is 13.0. The van der Waals surface area contributed by atoms with E-state index >= 15 is 0 Å². The Morgan fingerprint density at radius 1 is 1.16 bits per heavy atom. The Labute approximate surface area is 124 Å². The summed E-state index contributed by atoms with van der Waals surface area (Å²) in [6.07, 6.45) is 4.01. The molecular formula is C15H18Cl2O2. The molecule has 104 valence electrons. The molecule has 1 aromatic rings. The Balaban J connectivity index is 1.90. The van der Waals surface area contributed by atoms with Gasteiger partial charge in [0.2, 0.25) is 0 Å². The minimum atomic E-state index is -0.00587. The van der Waals surface area contributed by atoms with E-state index in [9.17, 15) is 0 Å². The van der Waals surface area contributed by atoms with Crippen LogP contribution in [0.15, 0.2) is 12.1 Å². The third-order valence-electron chi connectivity index (χ3n) is 4.62. The van der Waals surface area contributed by atoms with Gasteiger partial charge in [0.05, 0.1) is 19.6 Å². The van der Waals surface area contributed by atoms with Crippen molar-refractivity contribution >= 4 is 23.2 Å². The maximum atomic E-state index is 6.68. The largest absolute Gasteiger partial charge is 0.495 e. The molecule has 19 heavy (non-hydrogen) atoms. The molecule has 2 aliphatic carbocycles. The average molecular weight is 301 g/mol. The fourth-order valence-corrected chi connectivity index (χ4v) is 4.53. The smallest absolute Gasteiger partial charge is 0.145 e. The van der Waals surface area contributed by atoms with Gasteiger partial charge in [-0.05, 0) is 36.7 Å². The molecule has 3 unspecified atom stereocenters. The van der Waals surface area contributed by atoms with Gasteiger partial charge in [-0.25, -0.2) is 0 Å². The Bertz CT molecular complexity index is 479. The summed E-state index contributed by atoms with van der Waals surface area (Å²) in [6.45, 7) is 0. The van der Waals surface area contributed by atoms with E-state index in [1.807, 2.05) is 12.1 Å². The third kappa shape index (κ3) is 2.09. The van der Waals surface area contributed by atoms with Crippen molar-refractivity contribution in [1.29, 1.82) is 0 Å². The molecule has 0 amide bonds. The van der Waals surface area contributed by atoms with Gasteiger partial charge >= 0.3 is 0 Å². The van der Waals surface area contributed by atoms with Crippen LogP contribution in [0, 0.1) is 17.8 Å². The summed E-state index contributed by atoms with van der Waals surface area (Å²) in [7, 11) is 3.23.